The topological polar surface area (TPSA) is 0 Å². The van der Waals surface area contributed by atoms with Crippen molar-refractivity contribution in [3.8, 4) is 0 Å². The molecule has 8 bridgehead atoms. The highest BCUT2D eigenvalue weighted by atomic mass is 31.1. The fourth-order valence-electron chi connectivity index (χ4n) is 10.6. The molecule has 1 aromatic carbocycles. The molecule has 8 fully saturated rings. The lowest BCUT2D eigenvalue weighted by molar-refractivity contribution is 0.0365. The summed E-state index contributed by atoms with van der Waals surface area (Å²) in [6.45, 7) is 7.64. The van der Waals surface area contributed by atoms with Crippen LogP contribution in [-0.4, -0.2) is 18.4 Å². The van der Waals surface area contributed by atoms with Crippen molar-refractivity contribution in [3.63, 3.8) is 0 Å². The Morgan fingerprint density at radius 2 is 1.00 bits per heavy atom. The molecule has 0 N–H and O–H groups in total. The standard InChI is InChI=1S/C31H48P2Si/c1-34(2,3)29-5-4-27(19-32-30-13-21-6-22(14-30)8-23(7-21)15-30)28(12-29)20-33-31-16-24-9-25(17-31)11-26(10-24)18-31/h4-5,12,21-26,32-33H,6-11,13-20H2,1-3H3. The van der Waals surface area contributed by atoms with Crippen molar-refractivity contribution in [3.05, 3.63) is 29.3 Å². The summed E-state index contributed by atoms with van der Waals surface area (Å²) < 4.78 is 0. The van der Waals surface area contributed by atoms with Crippen molar-refractivity contribution in [1.82, 2.24) is 0 Å². The highest BCUT2D eigenvalue weighted by Gasteiger charge is 2.51. The van der Waals surface area contributed by atoms with E-state index < -0.39 is 8.07 Å². The molecule has 0 amide bonds. The summed E-state index contributed by atoms with van der Waals surface area (Å²) in [5.74, 6) is 6.61. The molecule has 9 rings (SSSR count). The third-order valence-electron chi connectivity index (χ3n) is 11.5. The van der Waals surface area contributed by atoms with Crippen molar-refractivity contribution in [2.45, 2.75) is 119 Å². The molecule has 1 aromatic rings. The number of benzene rings is 1. The van der Waals surface area contributed by atoms with E-state index >= 15 is 0 Å². The lowest BCUT2D eigenvalue weighted by Gasteiger charge is -2.57. The van der Waals surface area contributed by atoms with Crippen LogP contribution in [0.3, 0.4) is 0 Å². The number of rotatable bonds is 7. The Bertz CT molecular complexity index is 873. The second-order valence-corrected chi connectivity index (χ2v) is 23.9. The van der Waals surface area contributed by atoms with Crippen LogP contribution >= 0.6 is 17.2 Å². The first kappa shape index (κ1) is 23.4. The van der Waals surface area contributed by atoms with E-state index in [1.54, 1.807) is 93.4 Å². The van der Waals surface area contributed by atoms with Crippen LogP contribution in [0, 0.1) is 35.5 Å². The van der Waals surface area contributed by atoms with Gasteiger partial charge in [-0.25, -0.2) is 0 Å². The van der Waals surface area contributed by atoms with Gasteiger partial charge in [-0.3, -0.25) is 0 Å². The molecule has 34 heavy (non-hydrogen) atoms. The predicted octanol–water partition coefficient (Wildman–Crippen LogP) is 8.53. The van der Waals surface area contributed by atoms with Crippen LogP contribution in [-0.2, 0) is 12.3 Å². The molecule has 0 heterocycles. The van der Waals surface area contributed by atoms with Crippen molar-refractivity contribution >= 4 is 30.4 Å². The second kappa shape index (κ2) is 8.40. The summed E-state index contributed by atoms with van der Waals surface area (Å²) in [7, 11) is 1.12. The van der Waals surface area contributed by atoms with Crippen molar-refractivity contribution < 1.29 is 0 Å². The Hall–Kier alpha value is 0.297. The van der Waals surface area contributed by atoms with Gasteiger partial charge in [0.2, 0.25) is 0 Å². The molecule has 8 saturated carbocycles. The Morgan fingerprint density at radius 1 is 0.618 bits per heavy atom. The van der Waals surface area contributed by atoms with Crippen molar-refractivity contribution in [2.75, 3.05) is 0 Å². The highest BCUT2D eigenvalue weighted by molar-refractivity contribution is 7.39. The SMILES string of the molecule is C[Si](C)(C)c1ccc(CPC23CC4CC(CC(C4)C2)C3)c(CPC23CC4CC(CC(C4)C2)C3)c1. The average molecular weight is 511 g/mol. The van der Waals surface area contributed by atoms with E-state index in [0.29, 0.717) is 0 Å². The molecule has 0 saturated heterocycles. The summed E-state index contributed by atoms with van der Waals surface area (Å²) in [5, 5.41) is 3.22. The summed E-state index contributed by atoms with van der Waals surface area (Å²) >= 11 is 0. The zero-order chi connectivity index (χ0) is 23.1. The fraction of sp³-hybridized carbons (Fsp3) is 0.806. The first-order valence-corrected chi connectivity index (χ1v) is 20.8. The molecule has 3 heteroatoms. The van der Waals surface area contributed by atoms with E-state index in [-0.39, 0.29) is 0 Å². The van der Waals surface area contributed by atoms with E-state index in [9.17, 15) is 0 Å². The molecule has 0 aliphatic heterocycles. The zero-order valence-corrected chi connectivity index (χ0v) is 25.1. The maximum Gasteiger partial charge on any atom is 0.0776 e. The van der Waals surface area contributed by atoms with Gasteiger partial charge < -0.3 is 0 Å². The summed E-state index contributed by atoms with van der Waals surface area (Å²) in [6, 6.07) is 7.92. The first-order chi connectivity index (χ1) is 16.2. The van der Waals surface area contributed by atoms with Gasteiger partial charge in [-0.15, -0.1) is 17.2 Å². The molecule has 0 nitrogen and oxygen atoms in total. The predicted molar refractivity (Wildman–Crippen MR) is 155 cm³/mol. The molecule has 0 aromatic heterocycles. The molecule has 0 spiro atoms. The Labute approximate surface area is 214 Å². The number of hydrogen-bond donors (Lipinski definition) is 0. The fourth-order valence-corrected chi connectivity index (χ4v) is 16.2. The van der Waals surface area contributed by atoms with E-state index in [1.807, 2.05) is 0 Å². The molecular weight excluding hydrogens is 462 g/mol. The van der Waals surface area contributed by atoms with Gasteiger partial charge in [-0.05, 0) is 146 Å². The van der Waals surface area contributed by atoms with Crippen molar-refractivity contribution in [2.24, 2.45) is 35.5 Å². The molecule has 8 aliphatic carbocycles. The van der Waals surface area contributed by atoms with Gasteiger partial charge in [-0.2, -0.15) is 0 Å². The molecular formula is C31H48P2Si. The molecule has 2 unspecified atom stereocenters. The highest BCUT2D eigenvalue weighted by Crippen LogP contribution is 2.64. The molecule has 0 radical (unpaired) electrons. The monoisotopic (exact) mass is 510 g/mol. The summed E-state index contributed by atoms with van der Waals surface area (Å²) in [5.41, 5.74) is 3.57. The largest absolute Gasteiger partial charge is 0.111 e. The zero-order valence-electron chi connectivity index (χ0n) is 22.1. The van der Waals surface area contributed by atoms with E-state index in [2.05, 4.69) is 37.8 Å². The second-order valence-electron chi connectivity index (χ2n) is 15.3. The summed E-state index contributed by atoms with van der Waals surface area (Å²) in [6.07, 6.45) is 21.9. The van der Waals surface area contributed by atoms with Gasteiger partial charge in [0, 0.05) is 0 Å². The number of hydrogen-bond acceptors (Lipinski definition) is 0. The maximum absolute atomic E-state index is 2.74. The molecule has 8 aliphatic rings. The van der Waals surface area contributed by atoms with Crippen LogP contribution in [0.25, 0.3) is 0 Å². The average Bonchev–Trinajstić information content (AvgIpc) is 2.74. The van der Waals surface area contributed by atoms with Crippen LogP contribution < -0.4 is 5.19 Å². The minimum Gasteiger partial charge on any atom is -0.111 e. The molecule has 2 atom stereocenters. The first-order valence-electron chi connectivity index (χ1n) is 14.9. The van der Waals surface area contributed by atoms with Gasteiger partial charge >= 0.3 is 0 Å². The Morgan fingerprint density at radius 3 is 1.38 bits per heavy atom. The third kappa shape index (κ3) is 4.35. The van der Waals surface area contributed by atoms with E-state index in [4.69, 9.17) is 0 Å². The lowest BCUT2D eigenvalue weighted by atomic mass is 9.56. The van der Waals surface area contributed by atoms with Gasteiger partial charge in [0.1, 0.15) is 0 Å². The quantitative estimate of drug-likeness (QED) is 0.255. The van der Waals surface area contributed by atoms with E-state index in [1.165, 1.54) is 29.5 Å². The van der Waals surface area contributed by atoms with E-state index in [0.717, 1.165) is 45.8 Å². The van der Waals surface area contributed by atoms with Gasteiger partial charge in [0.25, 0.3) is 0 Å². The normalized spacial score (nSPS) is 44.9. The van der Waals surface area contributed by atoms with Crippen LogP contribution in [0.2, 0.25) is 19.6 Å². The molecule has 186 valence electrons. The summed E-state index contributed by atoms with van der Waals surface area (Å²) in [4.78, 5) is 0. The van der Waals surface area contributed by atoms with Crippen LogP contribution in [0.5, 0.6) is 0 Å². The minimum atomic E-state index is -1.26. The van der Waals surface area contributed by atoms with Crippen LogP contribution in [0.1, 0.15) is 88.2 Å². The van der Waals surface area contributed by atoms with Crippen LogP contribution in [0.4, 0.5) is 0 Å². The Balaban J connectivity index is 1.11. The lowest BCUT2D eigenvalue weighted by Crippen LogP contribution is -2.48. The van der Waals surface area contributed by atoms with Gasteiger partial charge in [0.15, 0.2) is 0 Å². The third-order valence-corrected chi connectivity index (χ3v) is 17.3. The van der Waals surface area contributed by atoms with Crippen LogP contribution in [0.15, 0.2) is 18.2 Å². The van der Waals surface area contributed by atoms with Gasteiger partial charge in [-0.1, -0.05) is 43.0 Å². The van der Waals surface area contributed by atoms with Crippen molar-refractivity contribution in [1.29, 1.82) is 0 Å². The minimum absolute atomic E-state index is 0.753. The smallest absolute Gasteiger partial charge is 0.0776 e. The Kier molecular flexibility index (Phi) is 5.79. The maximum atomic E-state index is 2.74. The van der Waals surface area contributed by atoms with Gasteiger partial charge in [0.05, 0.1) is 8.07 Å².